The largest absolute Gasteiger partial charge is 0.381 e. The van der Waals surface area contributed by atoms with Gasteiger partial charge in [-0.1, -0.05) is 24.3 Å². The Bertz CT molecular complexity index is 899. The molecule has 4 rings (SSSR count). The van der Waals surface area contributed by atoms with E-state index < -0.39 is 0 Å². The number of hydrogen-bond donors (Lipinski definition) is 1. The summed E-state index contributed by atoms with van der Waals surface area (Å²) in [6.07, 6.45) is 2.55. The molecule has 0 aliphatic carbocycles. The fourth-order valence-electron chi connectivity index (χ4n) is 5.03. The quantitative estimate of drug-likeness (QED) is 0.860. The maximum Gasteiger partial charge on any atom is 0.272 e. The zero-order valence-electron chi connectivity index (χ0n) is 17.8. The van der Waals surface area contributed by atoms with E-state index in [1.807, 2.05) is 20.9 Å². The van der Waals surface area contributed by atoms with Crippen LogP contribution >= 0.6 is 0 Å². The lowest BCUT2D eigenvalue weighted by molar-refractivity contribution is -0.00903. The van der Waals surface area contributed by atoms with Crippen LogP contribution in [0.15, 0.2) is 24.3 Å². The Labute approximate surface area is 172 Å². The third-order valence-corrected chi connectivity index (χ3v) is 6.48. The Morgan fingerprint density at radius 1 is 1.28 bits per heavy atom. The topological polar surface area (TPSA) is 65.4 Å². The van der Waals surface area contributed by atoms with E-state index in [1.165, 1.54) is 11.1 Å². The molecule has 1 aromatic carbocycles. The molecule has 1 N–H and O–H groups in total. The Balaban J connectivity index is 1.59. The number of nitrogens with zero attached hydrogens (tertiary/aromatic N) is 2. The van der Waals surface area contributed by atoms with Gasteiger partial charge in [0.05, 0.1) is 17.9 Å². The van der Waals surface area contributed by atoms with Gasteiger partial charge >= 0.3 is 0 Å². The average molecular weight is 398 g/mol. The number of nitrogens with one attached hydrogen (secondary N) is 1. The first-order valence-electron chi connectivity index (χ1n) is 10.5. The highest BCUT2D eigenvalue weighted by atomic mass is 16.5. The SMILES string of the molecule is Cc1ccccc1C1(CNC(=O)c2nn(C)c3c2C[C@@H](C)O[C@H]3C)CCOCC1. The molecule has 0 saturated carbocycles. The van der Waals surface area contributed by atoms with Gasteiger partial charge in [0.15, 0.2) is 5.69 Å². The van der Waals surface area contributed by atoms with Crippen LogP contribution in [-0.4, -0.2) is 41.6 Å². The Hall–Kier alpha value is -2.18. The van der Waals surface area contributed by atoms with Gasteiger partial charge in [-0.25, -0.2) is 0 Å². The van der Waals surface area contributed by atoms with Gasteiger partial charge in [0.25, 0.3) is 5.91 Å². The van der Waals surface area contributed by atoms with E-state index in [1.54, 1.807) is 4.68 Å². The molecule has 2 atom stereocenters. The normalized spacial score (nSPS) is 23.4. The van der Waals surface area contributed by atoms with Crippen molar-refractivity contribution in [3.63, 3.8) is 0 Å². The molecule has 6 heteroatoms. The Kier molecular flexibility index (Phi) is 5.49. The van der Waals surface area contributed by atoms with E-state index in [4.69, 9.17) is 9.47 Å². The van der Waals surface area contributed by atoms with Crippen molar-refractivity contribution < 1.29 is 14.3 Å². The highest BCUT2D eigenvalue weighted by Gasteiger charge is 2.37. The van der Waals surface area contributed by atoms with Crippen LogP contribution in [0.3, 0.4) is 0 Å². The van der Waals surface area contributed by atoms with Crippen molar-refractivity contribution in [2.45, 2.75) is 57.7 Å². The molecular weight excluding hydrogens is 366 g/mol. The van der Waals surface area contributed by atoms with Crippen LogP contribution in [0.25, 0.3) is 0 Å². The van der Waals surface area contributed by atoms with Crippen LogP contribution in [0.4, 0.5) is 0 Å². The number of aryl methyl sites for hydroxylation is 2. The summed E-state index contributed by atoms with van der Waals surface area (Å²) in [4.78, 5) is 13.2. The zero-order chi connectivity index (χ0) is 20.6. The summed E-state index contributed by atoms with van der Waals surface area (Å²) in [5, 5.41) is 7.77. The second-order valence-electron chi connectivity index (χ2n) is 8.52. The van der Waals surface area contributed by atoms with E-state index in [0.717, 1.165) is 37.3 Å². The molecule has 29 heavy (non-hydrogen) atoms. The molecule has 0 bridgehead atoms. The fourth-order valence-corrected chi connectivity index (χ4v) is 5.03. The number of hydrogen-bond acceptors (Lipinski definition) is 4. The molecule has 156 valence electrons. The molecule has 2 aliphatic rings. The van der Waals surface area contributed by atoms with Gasteiger partial charge in [0.2, 0.25) is 0 Å². The van der Waals surface area contributed by atoms with Crippen molar-refractivity contribution in [2.75, 3.05) is 19.8 Å². The molecule has 1 fully saturated rings. The summed E-state index contributed by atoms with van der Waals surface area (Å²) in [5.74, 6) is -0.0948. The van der Waals surface area contributed by atoms with Crippen LogP contribution in [0.1, 0.15) is 65.7 Å². The summed E-state index contributed by atoms with van der Waals surface area (Å²) in [6, 6.07) is 8.48. The van der Waals surface area contributed by atoms with Crippen molar-refractivity contribution >= 4 is 5.91 Å². The van der Waals surface area contributed by atoms with E-state index in [0.29, 0.717) is 18.7 Å². The van der Waals surface area contributed by atoms with Crippen LogP contribution in [-0.2, 0) is 28.4 Å². The molecule has 2 aliphatic heterocycles. The number of amides is 1. The molecule has 0 spiro atoms. The molecule has 2 aromatic rings. The maximum absolute atomic E-state index is 13.2. The van der Waals surface area contributed by atoms with Crippen LogP contribution in [0.2, 0.25) is 0 Å². The first kappa shape index (κ1) is 20.1. The second-order valence-corrected chi connectivity index (χ2v) is 8.52. The van der Waals surface area contributed by atoms with Crippen molar-refractivity contribution in [2.24, 2.45) is 7.05 Å². The van der Waals surface area contributed by atoms with Gasteiger partial charge < -0.3 is 14.8 Å². The second kappa shape index (κ2) is 7.92. The smallest absolute Gasteiger partial charge is 0.272 e. The molecule has 1 amide bonds. The van der Waals surface area contributed by atoms with Crippen LogP contribution in [0.5, 0.6) is 0 Å². The monoisotopic (exact) mass is 397 g/mol. The lowest BCUT2D eigenvalue weighted by Crippen LogP contribution is -2.45. The van der Waals surface area contributed by atoms with E-state index >= 15 is 0 Å². The highest BCUT2D eigenvalue weighted by Crippen LogP contribution is 2.36. The van der Waals surface area contributed by atoms with Gasteiger partial charge in [-0.15, -0.1) is 0 Å². The lowest BCUT2D eigenvalue weighted by Gasteiger charge is -2.39. The first-order chi connectivity index (χ1) is 13.9. The fraction of sp³-hybridized carbons (Fsp3) is 0.565. The Morgan fingerprint density at radius 2 is 2.00 bits per heavy atom. The van der Waals surface area contributed by atoms with Crippen molar-refractivity contribution in [1.29, 1.82) is 0 Å². The molecule has 0 unspecified atom stereocenters. The van der Waals surface area contributed by atoms with Gasteiger partial charge in [-0.3, -0.25) is 9.48 Å². The molecule has 3 heterocycles. The van der Waals surface area contributed by atoms with Gasteiger partial charge in [0.1, 0.15) is 0 Å². The minimum absolute atomic E-state index is 0.0541. The standard InChI is InChI=1S/C23H31N3O3/c1-15-7-5-6-8-19(15)23(9-11-28-12-10-23)14-24-22(27)20-18-13-16(2)29-17(3)21(18)26(4)25-20/h5-8,16-17H,9-14H2,1-4H3,(H,24,27)/t16-,17+/m1/s1. The number of carbonyl (C=O) groups is 1. The van der Waals surface area contributed by atoms with E-state index in [2.05, 4.69) is 41.6 Å². The molecule has 1 saturated heterocycles. The number of ether oxygens (including phenoxy) is 2. The van der Waals surface area contributed by atoms with Gasteiger partial charge in [-0.05, 0) is 44.7 Å². The maximum atomic E-state index is 13.2. The number of benzene rings is 1. The number of carbonyl (C=O) groups excluding carboxylic acids is 1. The summed E-state index contributed by atoms with van der Waals surface area (Å²) in [7, 11) is 1.89. The van der Waals surface area contributed by atoms with Crippen LogP contribution < -0.4 is 5.32 Å². The molecule has 0 radical (unpaired) electrons. The molecule has 6 nitrogen and oxygen atoms in total. The predicted molar refractivity (Wildman–Crippen MR) is 111 cm³/mol. The lowest BCUT2D eigenvalue weighted by atomic mass is 9.72. The summed E-state index contributed by atoms with van der Waals surface area (Å²) in [6.45, 7) is 8.24. The summed E-state index contributed by atoms with van der Waals surface area (Å²) >= 11 is 0. The van der Waals surface area contributed by atoms with Gasteiger partial charge in [0, 0.05) is 44.2 Å². The number of fused-ring (bicyclic) bond motifs is 1. The van der Waals surface area contributed by atoms with Crippen LogP contribution in [0, 0.1) is 6.92 Å². The van der Waals surface area contributed by atoms with E-state index in [-0.39, 0.29) is 23.5 Å². The zero-order valence-corrected chi connectivity index (χ0v) is 17.8. The highest BCUT2D eigenvalue weighted by molar-refractivity contribution is 5.94. The van der Waals surface area contributed by atoms with Crippen molar-refractivity contribution in [3.05, 3.63) is 52.3 Å². The first-order valence-corrected chi connectivity index (χ1v) is 10.5. The minimum atomic E-state index is -0.0994. The van der Waals surface area contributed by atoms with E-state index in [9.17, 15) is 4.79 Å². The predicted octanol–water partition coefficient (Wildman–Crippen LogP) is 3.23. The summed E-state index contributed by atoms with van der Waals surface area (Å²) in [5.41, 5.74) is 5.04. The third-order valence-electron chi connectivity index (χ3n) is 6.48. The third kappa shape index (κ3) is 3.71. The average Bonchev–Trinajstić information content (AvgIpc) is 3.04. The van der Waals surface area contributed by atoms with Crippen molar-refractivity contribution in [3.8, 4) is 0 Å². The van der Waals surface area contributed by atoms with Gasteiger partial charge in [-0.2, -0.15) is 5.10 Å². The molecular formula is C23H31N3O3. The van der Waals surface area contributed by atoms with Crippen molar-refractivity contribution in [1.82, 2.24) is 15.1 Å². The summed E-state index contributed by atoms with van der Waals surface area (Å²) < 4.78 is 13.4. The minimum Gasteiger partial charge on any atom is -0.381 e. The number of aromatic nitrogens is 2. The Morgan fingerprint density at radius 3 is 2.72 bits per heavy atom. The molecule has 1 aromatic heterocycles. The number of rotatable bonds is 4.